The molecule has 0 spiro atoms. The lowest BCUT2D eigenvalue weighted by molar-refractivity contribution is 1.41. The third-order valence-electron chi connectivity index (χ3n) is 1.80. The van der Waals surface area contributed by atoms with Gasteiger partial charge in [-0.3, -0.25) is 4.98 Å². The van der Waals surface area contributed by atoms with E-state index in [4.69, 9.17) is 18.2 Å². The zero-order chi connectivity index (χ0) is 9.26. The minimum Gasteiger partial charge on any atom is -0.257 e. The normalized spacial score (nSPS) is 9.85. The van der Waals surface area contributed by atoms with E-state index in [0.29, 0.717) is 10.7 Å². The standard InChI is InChI=1S/C10H5ClN2/c1-12-7-2-3-8-9(11)4-5-13-10(8)6-7/h2-6H. The molecular formula is C10H5ClN2. The van der Waals surface area contributed by atoms with Crippen molar-refractivity contribution in [1.82, 2.24) is 4.98 Å². The topological polar surface area (TPSA) is 17.2 Å². The number of benzene rings is 1. The van der Waals surface area contributed by atoms with Gasteiger partial charge >= 0.3 is 0 Å². The van der Waals surface area contributed by atoms with Gasteiger partial charge in [-0.05, 0) is 12.1 Å². The second-order valence-corrected chi connectivity index (χ2v) is 3.01. The number of rotatable bonds is 0. The Morgan fingerprint density at radius 1 is 1.31 bits per heavy atom. The molecule has 0 N–H and O–H groups in total. The highest BCUT2D eigenvalue weighted by molar-refractivity contribution is 6.35. The molecule has 0 atom stereocenters. The van der Waals surface area contributed by atoms with Crippen LogP contribution in [-0.4, -0.2) is 4.98 Å². The number of fused-ring (bicyclic) bond motifs is 1. The first-order valence-corrected chi connectivity index (χ1v) is 4.11. The number of pyridine rings is 1. The molecule has 0 amide bonds. The summed E-state index contributed by atoms with van der Waals surface area (Å²) in [5.41, 5.74) is 1.35. The van der Waals surface area contributed by atoms with Gasteiger partial charge in [-0.1, -0.05) is 23.7 Å². The zero-order valence-corrected chi connectivity index (χ0v) is 7.42. The van der Waals surface area contributed by atoms with Crippen molar-refractivity contribution >= 4 is 28.2 Å². The molecule has 0 saturated carbocycles. The predicted octanol–water partition coefficient (Wildman–Crippen LogP) is 3.44. The van der Waals surface area contributed by atoms with Crippen LogP contribution in [-0.2, 0) is 0 Å². The Bertz CT molecular complexity index is 500. The van der Waals surface area contributed by atoms with E-state index >= 15 is 0 Å². The van der Waals surface area contributed by atoms with Crippen molar-refractivity contribution in [2.75, 3.05) is 0 Å². The van der Waals surface area contributed by atoms with Crippen molar-refractivity contribution in [2.45, 2.75) is 0 Å². The van der Waals surface area contributed by atoms with Gasteiger partial charge < -0.3 is 0 Å². The molecule has 0 unspecified atom stereocenters. The van der Waals surface area contributed by atoms with Crippen molar-refractivity contribution in [3.05, 3.63) is 46.9 Å². The molecule has 0 aliphatic rings. The average molecular weight is 189 g/mol. The minimum atomic E-state index is 0.585. The Morgan fingerprint density at radius 2 is 2.15 bits per heavy atom. The fraction of sp³-hybridized carbons (Fsp3) is 0. The molecule has 1 heterocycles. The molecule has 13 heavy (non-hydrogen) atoms. The molecule has 1 aromatic carbocycles. The van der Waals surface area contributed by atoms with Gasteiger partial charge in [0.25, 0.3) is 0 Å². The number of halogens is 1. The van der Waals surface area contributed by atoms with Gasteiger partial charge in [-0.25, -0.2) is 4.85 Å². The van der Waals surface area contributed by atoms with Crippen molar-refractivity contribution in [2.24, 2.45) is 0 Å². The molecular weight excluding hydrogens is 184 g/mol. The Labute approximate surface area is 80.6 Å². The Kier molecular flexibility index (Phi) is 1.88. The summed E-state index contributed by atoms with van der Waals surface area (Å²) in [5, 5.41) is 1.55. The van der Waals surface area contributed by atoms with Gasteiger partial charge in [0.15, 0.2) is 5.69 Å². The highest BCUT2D eigenvalue weighted by atomic mass is 35.5. The van der Waals surface area contributed by atoms with E-state index < -0.39 is 0 Å². The lowest BCUT2D eigenvalue weighted by Crippen LogP contribution is -1.77. The molecule has 62 valence electrons. The van der Waals surface area contributed by atoms with Gasteiger partial charge in [0.1, 0.15) is 0 Å². The molecule has 0 fully saturated rings. The molecule has 0 radical (unpaired) electrons. The summed E-state index contributed by atoms with van der Waals surface area (Å²) >= 11 is 5.94. The second kappa shape index (κ2) is 3.04. The van der Waals surface area contributed by atoms with Gasteiger partial charge in [-0.2, -0.15) is 0 Å². The smallest absolute Gasteiger partial charge is 0.189 e. The largest absolute Gasteiger partial charge is 0.257 e. The van der Waals surface area contributed by atoms with Crippen LogP contribution in [0, 0.1) is 6.57 Å². The third kappa shape index (κ3) is 1.34. The molecule has 0 aliphatic heterocycles. The maximum absolute atomic E-state index is 6.84. The molecule has 1 aromatic heterocycles. The first kappa shape index (κ1) is 8.03. The summed E-state index contributed by atoms with van der Waals surface area (Å²) in [4.78, 5) is 7.44. The molecule has 2 rings (SSSR count). The summed E-state index contributed by atoms with van der Waals surface area (Å²) in [6.07, 6.45) is 1.64. The van der Waals surface area contributed by atoms with Gasteiger partial charge in [0, 0.05) is 11.6 Å². The second-order valence-electron chi connectivity index (χ2n) is 2.61. The maximum Gasteiger partial charge on any atom is 0.189 e. The van der Waals surface area contributed by atoms with E-state index in [2.05, 4.69) is 9.83 Å². The highest BCUT2D eigenvalue weighted by Gasteiger charge is 1.99. The Hall–Kier alpha value is -1.59. The third-order valence-corrected chi connectivity index (χ3v) is 2.13. The average Bonchev–Trinajstić information content (AvgIpc) is 2.18. The van der Waals surface area contributed by atoms with Crippen LogP contribution in [0.1, 0.15) is 0 Å². The van der Waals surface area contributed by atoms with E-state index in [1.54, 1.807) is 24.4 Å². The first-order chi connectivity index (χ1) is 6.31. The number of hydrogen-bond acceptors (Lipinski definition) is 1. The lowest BCUT2D eigenvalue weighted by atomic mass is 10.2. The van der Waals surface area contributed by atoms with E-state index in [1.807, 2.05) is 6.07 Å². The van der Waals surface area contributed by atoms with Crippen molar-refractivity contribution < 1.29 is 0 Å². The van der Waals surface area contributed by atoms with E-state index in [0.717, 1.165) is 10.9 Å². The minimum absolute atomic E-state index is 0.585. The Balaban J connectivity index is 2.82. The van der Waals surface area contributed by atoms with Crippen LogP contribution in [0.15, 0.2) is 30.5 Å². The fourth-order valence-corrected chi connectivity index (χ4v) is 1.39. The Morgan fingerprint density at radius 3 is 2.92 bits per heavy atom. The molecule has 0 bridgehead atoms. The van der Waals surface area contributed by atoms with Gasteiger partial charge in [0.2, 0.25) is 0 Å². The van der Waals surface area contributed by atoms with Crippen molar-refractivity contribution in [3.8, 4) is 0 Å². The number of aromatic nitrogens is 1. The quantitative estimate of drug-likeness (QED) is 0.579. The van der Waals surface area contributed by atoms with Crippen LogP contribution in [0.2, 0.25) is 5.02 Å². The first-order valence-electron chi connectivity index (χ1n) is 3.73. The molecule has 0 aliphatic carbocycles. The van der Waals surface area contributed by atoms with E-state index in [-0.39, 0.29) is 0 Å². The monoisotopic (exact) mass is 188 g/mol. The summed E-state index contributed by atoms with van der Waals surface area (Å²) < 4.78 is 0. The summed E-state index contributed by atoms with van der Waals surface area (Å²) in [6, 6.07) is 7.02. The fourth-order valence-electron chi connectivity index (χ4n) is 1.17. The van der Waals surface area contributed by atoms with E-state index in [1.165, 1.54) is 0 Å². The van der Waals surface area contributed by atoms with Crippen LogP contribution < -0.4 is 0 Å². The molecule has 3 heteroatoms. The summed E-state index contributed by atoms with van der Waals surface area (Å²) in [7, 11) is 0. The molecule has 0 saturated heterocycles. The van der Waals surface area contributed by atoms with Crippen LogP contribution in [0.5, 0.6) is 0 Å². The number of nitrogens with zero attached hydrogens (tertiary/aromatic N) is 2. The summed E-state index contributed by atoms with van der Waals surface area (Å²) in [6.45, 7) is 6.84. The van der Waals surface area contributed by atoms with Crippen LogP contribution in [0.4, 0.5) is 5.69 Å². The van der Waals surface area contributed by atoms with Crippen LogP contribution in [0.25, 0.3) is 15.7 Å². The zero-order valence-electron chi connectivity index (χ0n) is 6.66. The molecule has 2 aromatic rings. The highest BCUT2D eigenvalue weighted by Crippen LogP contribution is 2.24. The SMILES string of the molecule is [C-]#[N+]c1ccc2c(Cl)ccnc2c1. The summed E-state index contributed by atoms with van der Waals surface area (Å²) in [5.74, 6) is 0. The maximum atomic E-state index is 6.84. The predicted molar refractivity (Wildman–Crippen MR) is 53.0 cm³/mol. The van der Waals surface area contributed by atoms with E-state index in [9.17, 15) is 0 Å². The lowest BCUT2D eigenvalue weighted by Gasteiger charge is -1.98. The van der Waals surface area contributed by atoms with Crippen LogP contribution in [0.3, 0.4) is 0 Å². The number of hydrogen-bond donors (Lipinski definition) is 0. The molecule has 2 nitrogen and oxygen atoms in total. The van der Waals surface area contributed by atoms with Gasteiger partial charge in [-0.15, -0.1) is 0 Å². The van der Waals surface area contributed by atoms with Gasteiger partial charge in [0.05, 0.1) is 17.1 Å². The van der Waals surface area contributed by atoms with Crippen LogP contribution >= 0.6 is 11.6 Å². The van der Waals surface area contributed by atoms with Crippen molar-refractivity contribution in [1.29, 1.82) is 0 Å². The van der Waals surface area contributed by atoms with Crippen molar-refractivity contribution in [3.63, 3.8) is 0 Å².